The predicted octanol–water partition coefficient (Wildman–Crippen LogP) is 4.73. The smallest absolute Gasteiger partial charge is 0.142 e. The van der Waals surface area contributed by atoms with E-state index in [4.69, 9.17) is 16.0 Å². The molecule has 1 heterocycles. The molecule has 2 aromatic carbocycles. The fraction of sp³-hybridized carbons (Fsp3) is 0.176. The Bertz CT molecular complexity index is 768. The highest BCUT2D eigenvalue weighted by Gasteiger charge is 2.18. The van der Waals surface area contributed by atoms with Crippen LogP contribution in [0.3, 0.4) is 0 Å². The number of furan rings is 1. The van der Waals surface area contributed by atoms with Crippen molar-refractivity contribution in [2.24, 2.45) is 0 Å². The lowest BCUT2D eigenvalue weighted by Crippen LogP contribution is -2.18. The van der Waals surface area contributed by atoms with Gasteiger partial charge in [-0.1, -0.05) is 41.9 Å². The first-order valence-corrected chi connectivity index (χ1v) is 7.14. The van der Waals surface area contributed by atoms with Crippen molar-refractivity contribution in [3.63, 3.8) is 0 Å². The van der Waals surface area contributed by atoms with Crippen molar-refractivity contribution in [3.8, 4) is 0 Å². The van der Waals surface area contributed by atoms with Gasteiger partial charge in [0.15, 0.2) is 0 Å². The molecule has 0 aliphatic rings. The van der Waals surface area contributed by atoms with Gasteiger partial charge in [0.1, 0.15) is 11.4 Å². The third-order valence-electron chi connectivity index (χ3n) is 3.69. The van der Waals surface area contributed by atoms with Crippen LogP contribution in [0.2, 0.25) is 5.02 Å². The molecule has 3 rings (SSSR count). The van der Waals surface area contributed by atoms with Crippen LogP contribution in [-0.4, -0.2) is 7.05 Å². The molecule has 21 heavy (non-hydrogen) atoms. The Kier molecular flexibility index (Phi) is 3.95. The average molecular weight is 304 g/mol. The van der Waals surface area contributed by atoms with E-state index in [1.807, 2.05) is 37.4 Å². The maximum atomic E-state index is 13.6. The zero-order valence-corrected chi connectivity index (χ0v) is 12.3. The summed E-state index contributed by atoms with van der Waals surface area (Å²) in [7, 11) is 1.87. The number of halogens is 2. The van der Waals surface area contributed by atoms with Gasteiger partial charge in [-0.3, -0.25) is 0 Å². The first-order valence-electron chi connectivity index (χ1n) is 6.77. The minimum atomic E-state index is -0.388. The minimum Gasteiger partial charge on any atom is -0.464 e. The van der Waals surface area contributed by atoms with Crippen LogP contribution in [-0.2, 0) is 6.42 Å². The van der Waals surface area contributed by atoms with Gasteiger partial charge in [0.25, 0.3) is 0 Å². The van der Waals surface area contributed by atoms with Crippen LogP contribution in [0.5, 0.6) is 0 Å². The Morgan fingerprint density at radius 1 is 1.19 bits per heavy atom. The molecule has 1 atom stereocenters. The summed E-state index contributed by atoms with van der Waals surface area (Å²) in [5, 5.41) is 4.50. The molecule has 1 unspecified atom stereocenters. The Morgan fingerprint density at radius 2 is 2.00 bits per heavy atom. The summed E-state index contributed by atoms with van der Waals surface area (Å²) in [5.74, 6) is -0.388. The zero-order chi connectivity index (χ0) is 14.8. The highest BCUT2D eigenvalue weighted by molar-refractivity contribution is 6.31. The third kappa shape index (κ3) is 2.67. The van der Waals surface area contributed by atoms with Gasteiger partial charge in [-0.2, -0.15) is 0 Å². The average Bonchev–Trinajstić information content (AvgIpc) is 2.93. The third-order valence-corrected chi connectivity index (χ3v) is 4.11. The van der Waals surface area contributed by atoms with Crippen LogP contribution in [0, 0.1) is 5.82 Å². The topological polar surface area (TPSA) is 25.2 Å². The molecule has 0 aliphatic carbocycles. The van der Waals surface area contributed by atoms with Gasteiger partial charge >= 0.3 is 0 Å². The molecule has 0 spiro atoms. The lowest BCUT2D eigenvalue weighted by molar-refractivity contribution is 0.561. The molecule has 0 bridgehead atoms. The Balaban J connectivity index is 1.97. The molecular formula is C17H15ClFNO. The number of para-hydroxylation sites is 1. The molecule has 3 aromatic rings. The maximum absolute atomic E-state index is 13.6. The van der Waals surface area contributed by atoms with E-state index in [2.05, 4.69) is 5.32 Å². The number of hydrogen-bond acceptors (Lipinski definition) is 2. The van der Waals surface area contributed by atoms with E-state index in [0.717, 1.165) is 22.1 Å². The first kappa shape index (κ1) is 14.1. The van der Waals surface area contributed by atoms with Crippen molar-refractivity contribution in [1.82, 2.24) is 5.32 Å². The van der Waals surface area contributed by atoms with Crippen LogP contribution in [0.15, 0.2) is 53.1 Å². The Hall–Kier alpha value is -1.84. The summed E-state index contributed by atoms with van der Waals surface area (Å²) in [6.45, 7) is 0. The number of benzene rings is 2. The van der Waals surface area contributed by atoms with E-state index < -0.39 is 0 Å². The molecule has 108 valence electrons. The number of likely N-dealkylation sites (N-methyl/N-ethyl adjacent to an activating group) is 1. The van der Waals surface area contributed by atoms with Gasteiger partial charge in [-0.05, 0) is 31.2 Å². The number of hydrogen-bond donors (Lipinski definition) is 1. The van der Waals surface area contributed by atoms with Crippen LogP contribution >= 0.6 is 11.6 Å². The molecule has 1 N–H and O–H groups in total. The van der Waals surface area contributed by atoms with Gasteiger partial charge in [0.05, 0.1) is 11.3 Å². The van der Waals surface area contributed by atoms with Gasteiger partial charge in [0.2, 0.25) is 0 Å². The number of rotatable bonds is 4. The summed E-state index contributed by atoms with van der Waals surface area (Å²) in [5.41, 5.74) is 2.67. The standard InChI is InChI=1S/C17H15ClFNO/c1-20-15(9-11-5-4-7-14(19)17(11)18)13-10-21-16-8-3-2-6-12(13)16/h2-8,10,15,20H,9H2,1H3. The fourth-order valence-corrected chi connectivity index (χ4v) is 2.76. The second-order valence-corrected chi connectivity index (χ2v) is 5.32. The molecule has 0 amide bonds. The van der Waals surface area contributed by atoms with Crippen LogP contribution in [0.25, 0.3) is 11.0 Å². The number of fused-ring (bicyclic) bond motifs is 1. The first-order chi connectivity index (χ1) is 10.2. The molecule has 4 heteroatoms. The zero-order valence-electron chi connectivity index (χ0n) is 11.6. The van der Waals surface area contributed by atoms with Crippen molar-refractivity contribution >= 4 is 22.6 Å². The molecular weight excluding hydrogens is 289 g/mol. The molecule has 0 saturated carbocycles. The van der Waals surface area contributed by atoms with E-state index in [0.29, 0.717) is 6.42 Å². The predicted molar refractivity (Wildman–Crippen MR) is 83.1 cm³/mol. The lowest BCUT2D eigenvalue weighted by atomic mass is 9.98. The molecule has 0 aliphatic heterocycles. The van der Waals surface area contributed by atoms with Crippen LogP contribution < -0.4 is 5.32 Å². The van der Waals surface area contributed by atoms with Gasteiger partial charge < -0.3 is 9.73 Å². The van der Waals surface area contributed by atoms with E-state index in [1.165, 1.54) is 6.07 Å². The molecule has 0 fully saturated rings. The molecule has 1 aromatic heterocycles. The number of nitrogens with one attached hydrogen (secondary N) is 1. The Morgan fingerprint density at radius 3 is 2.81 bits per heavy atom. The molecule has 0 saturated heterocycles. The minimum absolute atomic E-state index is 0.00736. The van der Waals surface area contributed by atoms with Crippen molar-refractivity contribution in [2.45, 2.75) is 12.5 Å². The summed E-state index contributed by atoms with van der Waals surface area (Å²) in [6, 6.07) is 12.8. The largest absolute Gasteiger partial charge is 0.464 e. The van der Waals surface area contributed by atoms with E-state index >= 15 is 0 Å². The second kappa shape index (κ2) is 5.88. The van der Waals surface area contributed by atoms with E-state index in [9.17, 15) is 4.39 Å². The van der Waals surface area contributed by atoms with Crippen LogP contribution in [0.4, 0.5) is 4.39 Å². The van der Waals surface area contributed by atoms with Crippen molar-refractivity contribution in [3.05, 3.63) is 70.7 Å². The van der Waals surface area contributed by atoms with Crippen molar-refractivity contribution in [2.75, 3.05) is 7.05 Å². The van der Waals surface area contributed by atoms with Crippen molar-refractivity contribution in [1.29, 1.82) is 0 Å². The second-order valence-electron chi connectivity index (χ2n) is 4.95. The van der Waals surface area contributed by atoms with Gasteiger partial charge in [0, 0.05) is 17.0 Å². The Labute approximate surface area is 127 Å². The normalized spacial score (nSPS) is 12.7. The van der Waals surface area contributed by atoms with E-state index in [-0.39, 0.29) is 16.9 Å². The van der Waals surface area contributed by atoms with Crippen molar-refractivity contribution < 1.29 is 8.81 Å². The molecule has 2 nitrogen and oxygen atoms in total. The highest BCUT2D eigenvalue weighted by Crippen LogP contribution is 2.30. The van der Waals surface area contributed by atoms with Gasteiger partial charge in [-0.25, -0.2) is 4.39 Å². The monoisotopic (exact) mass is 303 g/mol. The van der Waals surface area contributed by atoms with E-state index in [1.54, 1.807) is 12.3 Å². The highest BCUT2D eigenvalue weighted by atomic mass is 35.5. The van der Waals surface area contributed by atoms with Crippen LogP contribution in [0.1, 0.15) is 17.2 Å². The fourth-order valence-electron chi connectivity index (χ4n) is 2.56. The molecule has 0 radical (unpaired) electrons. The summed E-state index contributed by atoms with van der Waals surface area (Å²) in [6.07, 6.45) is 2.34. The summed E-state index contributed by atoms with van der Waals surface area (Å²) >= 11 is 6.05. The lowest BCUT2D eigenvalue weighted by Gasteiger charge is -2.16. The SMILES string of the molecule is CNC(Cc1cccc(F)c1Cl)c1coc2ccccc12. The quantitative estimate of drug-likeness (QED) is 0.754. The van der Waals surface area contributed by atoms with Gasteiger partial charge in [-0.15, -0.1) is 0 Å². The summed E-state index contributed by atoms with van der Waals surface area (Å²) < 4.78 is 19.1. The summed E-state index contributed by atoms with van der Waals surface area (Å²) in [4.78, 5) is 0. The maximum Gasteiger partial charge on any atom is 0.142 e.